The van der Waals surface area contributed by atoms with Gasteiger partial charge in [0.05, 0.1) is 6.42 Å². The third kappa shape index (κ3) is 5.07. The van der Waals surface area contributed by atoms with Gasteiger partial charge in [-0.2, -0.15) is 11.3 Å². The summed E-state index contributed by atoms with van der Waals surface area (Å²) in [6.45, 7) is 1.16. The predicted molar refractivity (Wildman–Crippen MR) is 102 cm³/mol. The quantitative estimate of drug-likeness (QED) is 0.517. The maximum atomic E-state index is 12.3. The average molecular weight is 403 g/mol. The van der Waals surface area contributed by atoms with Crippen LogP contribution in [-0.2, 0) is 9.53 Å². The molecule has 0 aliphatic carbocycles. The van der Waals surface area contributed by atoms with Crippen LogP contribution in [0.15, 0.2) is 29.1 Å². The van der Waals surface area contributed by atoms with Gasteiger partial charge in [0.15, 0.2) is 6.61 Å². The Morgan fingerprint density at radius 2 is 1.96 bits per heavy atom. The Hall–Kier alpha value is -2.94. The maximum Gasteiger partial charge on any atom is 0.308 e. The van der Waals surface area contributed by atoms with Crippen molar-refractivity contribution in [2.24, 2.45) is 0 Å². The Labute approximate surface area is 165 Å². The number of aromatic amines is 1. The Bertz CT molecular complexity index is 853. The zero-order valence-corrected chi connectivity index (χ0v) is 16.0. The van der Waals surface area contributed by atoms with E-state index < -0.39 is 18.4 Å². The third-order valence-electron chi connectivity index (χ3n) is 4.39. The van der Waals surface area contributed by atoms with Gasteiger partial charge in [0.25, 0.3) is 11.8 Å². The summed E-state index contributed by atoms with van der Waals surface area (Å²) in [6.07, 6.45) is 3.39. The van der Waals surface area contributed by atoms with E-state index in [-0.39, 0.29) is 24.8 Å². The van der Waals surface area contributed by atoms with Crippen LogP contribution in [0, 0.1) is 0 Å². The van der Waals surface area contributed by atoms with Crippen LogP contribution in [0.1, 0.15) is 50.5 Å². The molecule has 3 heterocycles. The number of carbonyl (C=O) groups excluding carboxylic acids is 4. The van der Waals surface area contributed by atoms with Crippen molar-refractivity contribution in [2.45, 2.75) is 19.3 Å². The van der Waals surface area contributed by atoms with Gasteiger partial charge >= 0.3 is 5.97 Å². The zero-order valence-electron chi connectivity index (χ0n) is 15.2. The number of carbonyl (C=O) groups is 4. The number of Topliss-reactive ketones (excluding diaryl/α,β-unsaturated/α-hetero) is 1. The number of H-pyrrole nitrogens is 1. The van der Waals surface area contributed by atoms with Crippen LogP contribution in [0.3, 0.4) is 0 Å². The molecule has 0 saturated carbocycles. The van der Waals surface area contributed by atoms with Crippen molar-refractivity contribution >= 4 is 34.9 Å². The molecule has 148 valence electrons. The van der Waals surface area contributed by atoms with E-state index in [4.69, 9.17) is 4.74 Å². The standard InChI is InChI=1S/C19H21N3O5S/c23-16(14-9-15(21-10-14)19(26)22-6-1-2-7-22)11-27-17(24)3-5-20-18(25)13-4-8-28-12-13/h4,8-10,12,21H,1-3,5-7,11H2,(H,20,25). The lowest BCUT2D eigenvalue weighted by Gasteiger charge is -2.13. The number of likely N-dealkylation sites (tertiary alicyclic amines) is 1. The van der Waals surface area contributed by atoms with Gasteiger partial charge in [-0.05, 0) is 30.4 Å². The van der Waals surface area contributed by atoms with Crippen molar-refractivity contribution < 1.29 is 23.9 Å². The molecule has 0 spiro atoms. The van der Waals surface area contributed by atoms with Crippen molar-refractivity contribution in [3.05, 3.63) is 45.9 Å². The van der Waals surface area contributed by atoms with Gasteiger partial charge < -0.3 is 19.9 Å². The van der Waals surface area contributed by atoms with Crippen LogP contribution in [0.5, 0.6) is 0 Å². The molecule has 3 rings (SSSR count). The lowest BCUT2D eigenvalue weighted by molar-refractivity contribution is -0.142. The zero-order chi connectivity index (χ0) is 19.9. The number of thiophene rings is 1. The van der Waals surface area contributed by atoms with E-state index in [0.717, 1.165) is 25.9 Å². The number of ether oxygens (including phenoxy) is 1. The highest BCUT2D eigenvalue weighted by molar-refractivity contribution is 7.08. The summed E-state index contributed by atoms with van der Waals surface area (Å²) in [6, 6.07) is 3.18. The van der Waals surface area contributed by atoms with E-state index >= 15 is 0 Å². The summed E-state index contributed by atoms with van der Waals surface area (Å²) in [5.41, 5.74) is 1.19. The van der Waals surface area contributed by atoms with E-state index in [1.807, 2.05) is 0 Å². The lowest BCUT2D eigenvalue weighted by atomic mass is 10.2. The Balaban J connectivity index is 1.39. The second kappa shape index (κ2) is 9.32. The molecule has 9 heteroatoms. The molecule has 2 N–H and O–H groups in total. The largest absolute Gasteiger partial charge is 0.457 e. The summed E-state index contributed by atoms with van der Waals surface area (Å²) in [7, 11) is 0. The van der Waals surface area contributed by atoms with E-state index in [0.29, 0.717) is 16.8 Å². The first-order chi connectivity index (χ1) is 13.5. The summed E-state index contributed by atoms with van der Waals surface area (Å²) >= 11 is 1.41. The Kier molecular flexibility index (Phi) is 6.59. The number of nitrogens with one attached hydrogen (secondary N) is 2. The Morgan fingerprint density at radius 3 is 2.68 bits per heavy atom. The molecule has 1 fully saturated rings. The molecule has 28 heavy (non-hydrogen) atoms. The van der Waals surface area contributed by atoms with Crippen molar-refractivity contribution in [3.63, 3.8) is 0 Å². The summed E-state index contributed by atoms with van der Waals surface area (Å²) in [4.78, 5) is 52.5. The molecule has 1 saturated heterocycles. The van der Waals surface area contributed by atoms with Gasteiger partial charge in [-0.1, -0.05) is 0 Å². The van der Waals surface area contributed by atoms with Gasteiger partial charge in [0, 0.05) is 42.3 Å². The number of hydrogen-bond acceptors (Lipinski definition) is 6. The average Bonchev–Trinajstić information content (AvgIpc) is 3.46. The van der Waals surface area contributed by atoms with Gasteiger partial charge in [-0.25, -0.2) is 0 Å². The van der Waals surface area contributed by atoms with Gasteiger partial charge in [-0.15, -0.1) is 0 Å². The minimum absolute atomic E-state index is 0.0327. The van der Waals surface area contributed by atoms with Gasteiger partial charge in [0.2, 0.25) is 5.78 Å². The van der Waals surface area contributed by atoms with Crippen LogP contribution in [0.25, 0.3) is 0 Å². The van der Waals surface area contributed by atoms with Crippen LogP contribution < -0.4 is 5.32 Å². The first-order valence-electron chi connectivity index (χ1n) is 9.01. The van der Waals surface area contributed by atoms with E-state index in [1.54, 1.807) is 21.7 Å². The molecule has 2 aromatic heterocycles. The topological polar surface area (TPSA) is 109 Å². The number of hydrogen-bond donors (Lipinski definition) is 2. The molecule has 1 aliphatic rings. The highest BCUT2D eigenvalue weighted by Crippen LogP contribution is 2.13. The first-order valence-corrected chi connectivity index (χ1v) is 9.96. The number of rotatable bonds is 8. The summed E-state index contributed by atoms with van der Waals surface area (Å²) in [5, 5.41) is 6.12. The van der Waals surface area contributed by atoms with Crippen molar-refractivity contribution in [2.75, 3.05) is 26.2 Å². The highest BCUT2D eigenvalue weighted by atomic mass is 32.1. The van der Waals surface area contributed by atoms with Gasteiger partial charge in [0.1, 0.15) is 5.69 Å². The molecule has 0 bridgehead atoms. The fourth-order valence-corrected chi connectivity index (χ4v) is 3.48. The molecule has 2 amide bonds. The van der Waals surface area contributed by atoms with Gasteiger partial charge in [-0.3, -0.25) is 19.2 Å². The van der Waals surface area contributed by atoms with E-state index in [1.165, 1.54) is 23.6 Å². The molecule has 2 aromatic rings. The molecule has 0 aromatic carbocycles. The summed E-state index contributed by atoms with van der Waals surface area (Å²) < 4.78 is 4.95. The van der Waals surface area contributed by atoms with Crippen LogP contribution in [0.2, 0.25) is 0 Å². The van der Waals surface area contributed by atoms with Crippen LogP contribution >= 0.6 is 11.3 Å². The highest BCUT2D eigenvalue weighted by Gasteiger charge is 2.22. The minimum atomic E-state index is -0.581. The van der Waals surface area contributed by atoms with Crippen molar-refractivity contribution in [1.29, 1.82) is 0 Å². The molecule has 8 nitrogen and oxygen atoms in total. The van der Waals surface area contributed by atoms with Crippen LogP contribution in [0.4, 0.5) is 0 Å². The van der Waals surface area contributed by atoms with E-state index in [2.05, 4.69) is 10.3 Å². The van der Waals surface area contributed by atoms with E-state index in [9.17, 15) is 19.2 Å². The van der Waals surface area contributed by atoms with Crippen molar-refractivity contribution in [1.82, 2.24) is 15.2 Å². The second-order valence-corrected chi connectivity index (χ2v) is 7.18. The second-order valence-electron chi connectivity index (χ2n) is 6.40. The fourth-order valence-electron chi connectivity index (χ4n) is 2.84. The van der Waals surface area contributed by atoms with Crippen molar-refractivity contribution in [3.8, 4) is 0 Å². The monoisotopic (exact) mass is 403 g/mol. The molecular formula is C19H21N3O5S. The molecule has 0 unspecified atom stereocenters. The normalized spacial score (nSPS) is 13.4. The molecule has 0 atom stereocenters. The summed E-state index contributed by atoms with van der Waals surface area (Å²) in [5.74, 6) is -1.36. The minimum Gasteiger partial charge on any atom is -0.457 e. The molecule has 1 aliphatic heterocycles. The molecule has 0 radical (unpaired) electrons. The number of esters is 1. The smallest absolute Gasteiger partial charge is 0.308 e. The Morgan fingerprint density at radius 1 is 1.18 bits per heavy atom. The number of ketones is 1. The molecular weight excluding hydrogens is 382 g/mol. The lowest BCUT2D eigenvalue weighted by Crippen LogP contribution is -2.27. The maximum absolute atomic E-state index is 12.3. The first kappa shape index (κ1) is 19.8. The predicted octanol–water partition coefficient (Wildman–Crippen LogP) is 1.86. The van der Waals surface area contributed by atoms with Crippen LogP contribution in [-0.4, -0.2) is 59.7 Å². The number of nitrogens with zero attached hydrogens (tertiary/aromatic N) is 1. The fraction of sp³-hybridized carbons (Fsp3) is 0.368. The number of aromatic nitrogens is 1. The third-order valence-corrected chi connectivity index (χ3v) is 5.07. The SMILES string of the molecule is O=C(CCNC(=O)c1ccsc1)OCC(=O)c1c[nH]c(C(=O)N2CCCC2)c1. The number of amides is 2.